The number of carbonyl (C=O) groups is 1. The summed E-state index contributed by atoms with van der Waals surface area (Å²) in [5.41, 5.74) is 0. The van der Waals surface area contributed by atoms with Gasteiger partial charge < -0.3 is 10.4 Å². The highest BCUT2D eigenvalue weighted by atomic mass is 16.4. The molecule has 3 heteroatoms. The largest absolute Gasteiger partial charge is 0.481 e. The summed E-state index contributed by atoms with van der Waals surface area (Å²) in [6, 6.07) is 0.238. The molecular formula is C7H13NO2. The fourth-order valence-electron chi connectivity index (χ4n) is 1.28. The number of hydrogen-bond donors (Lipinski definition) is 2. The molecule has 1 saturated heterocycles. The SMILES string of the molecule is CCCC1NCC1C(=O)O. The van der Waals surface area contributed by atoms with Gasteiger partial charge in [0.1, 0.15) is 0 Å². The van der Waals surface area contributed by atoms with Crippen molar-refractivity contribution in [1.29, 1.82) is 0 Å². The Morgan fingerprint density at radius 3 is 2.80 bits per heavy atom. The van der Waals surface area contributed by atoms with Crippen LogP contribution in [0.15, 0.2) is 0 Å². The van der Waals surface area contributed by atoms with Crippen molar-refractivity contribution in [2.45, 2.75) is 25.8 Å². The van der Waals surface area contributed by atoms with E-state index in [9.17, 15) is 4.79 Å². The van der Waals surface area contributed by atoms with Crippen LogP contribution in [0.5, 0.6) is 0 Å². The van der Waals surface area contributed by atoms with Gasteiger partial charge in [0.25, 0.3) is 0 Å². The molecule has 10 heavy (non-hydrogen) atoms. The van der Waals surface area contributed by atoms with Crippen molar-refractivity contribution in [3.05, 3.63) is 0 Å². The average molecular weight is 143 g/mol. The normalized spacial score (nSPS) is 31.3. The maximum atomic E-state index is 10.4. The molecule has 3 nitrogen and oxygen atoms in total. The Kier molecular flexibility index (Phi) is 2.27. The van der Waals surface area contributed by atoms with Crippen molar-refractivity contribution in [3.63, 3.8) is 0 Å². The molecule has 1 rings (SSSR count). The maximum absolute atomic E-state index is 10.4. The van der Waals surface area contributed by atoms with Crippen LogP contribution in [0.2, 0.25) is 0 Å². The number of nitrogens with one attached hydrogen (secondary N) is 1. The van der Waals surface area contributed by atoms with Gasteiger partial charge >= 0.3 is 5.97 Å². The minimum Gasteiger partial charge on any atom is -0.481 e. The van der Waals surface area contributed by atoms with Gasteiger partial charge in [0.2, 0.25) is 0 Å². The first-order valence-electron chi connectivity index (χ1n) is 3.72. The lowest BCUT2D eigenvalue weighted by Gasteiger charge is -2.34. The number of carboxylic acids is 1. The van der Waals surface area contributed by atoms with Crippen LogP contribution in [0.4, 0.5) is 0 Å². The second kappa shape index (κ2) is 3.01. The van der Waals surface area contributed by atoms with Crippen LogP contribution in [-0.4, -0.2) is 23.7 Å². The maximum Gasteiger partial charge on any atom is 0.309 e. The van der Waals surface area contributed by atoms with Gasteiger partial charge in [-0.1, -0.05) is 13.3 Å². The Hall–Kier alpha value is -0.570. The van der Waals surface area contributed by atoms with Gasteiger partial charge in [-0.15, -0.1) is 0 Å². The van der Waals surface area contributed by atoms with Crippen molar-refractivity contribution in [2.24, 2.45) is 5.92 Å². The van der Waals surface area contributed by atoms with Crippen LogP contribution in [0.3, 0.4) is 0 Å². The third-order valence-electron chi connectivity index (χ3n) is 2.00. The first-order chi connectivity index (χ1) is 4.75. The van der Waals surface area contributed by atoms with E-state index in [1.807, 2.05) is 0 Å². The van der Waals surface area contributed by atoms with E-state index >= 15 is 0 Å². The van der Waals surface area contributed by atoms with Crippen LogP contribution in [0.1, 0.15) is 19.8 Å². The first-order valence-corrected chi connectivity index (χ1v) is 3.72. The fourth-order valence-corrected chi connectivity index (χ4v) is 1.28. The highest BCUT2D eigenvalue weighted by molar-refractivity contribution is 5.72. The van der Waals surface area contributed by atoms with Crippen molar-refractivity contribution >= 4 is 5.97 Å². The fraction of sp³-hybridized carbons (Fsp3) is 0.857. The molecule has 0 aromatic carbocycles. The Bertz CT molecular complexity index is 136. The highest BCUT2D eigenvalue weighted by Crippen LogP contribution is 2.17. The molecule has 0 spiro atoms. The molecule has 0 saturated carbocycles. The second-order valence-corrected chi connectivity index (χ2v) is 2.75. The Balaban J connectivity index is 2.28. The van der Waals surface area contributed by atoms with Gasteiger partial charge in [0.15, 0.2) is 0 Å². The lowest BCUT2D eigenvalue weighted by atomic mass is 9.89. The van der Waals surface area contributed by atoms with E-state index in [1.165, 1.54) is 0 Å². The van der Waals surface area contributed by atoms with E-state index in [1.54, 1.807) is 0 Å². The Morgan fingerprint density at radius 1 is 1.80 bits per heavy atom. The lowest BCUT2D eigenvalue weighted by Crippen LogP contribution is -2.56. The smallest absolute Gasteiger partial charge is 0.309 e. The zero-order valence-corrected chi connectivity index (χ0v) is 6.13. The molecule has 2 unspecified atom stereocenters. The minimum atomic E-state index is -0.655. The third kappa shape index (κ3) is 1.29. The third-order valence-corrected chi connectivity index (χ3v) is 2.00. The average Bonchev–Trinajstić information content (AvgIpc) is 1.78. The van der Waals surface area contributed by atoms with E-state index in [0.29, 0.717) is 6.54 Å². The van der Waals surface area contributed by atoms with Gasteiger partial charge in [0, 0.05) is 12.6 Å². The zero-order chi connectivity index (χ0) is 7.56. The summed E-state index contributed by atoms with van der Waals surface area (Å²) >= 11 is 0. The molecule has 0 aromatic heterocycles. The monoisotopic (exact) mass is 143 g/mol. The molecule has 0 radical (unpaired) electrons. The molecule has 0 aromatic rings. The van der Waals surface area contributed by atoms with Crippen LogP contribution in [-0.2, 0) is 4.79 Å². The van der Waals surface area contributed by atoms with Gasteiger partial charge in [-0.05, 0) is 6.42 Å². The molecule has 1 aliphatic rings. The first kappa shape index (κ1) is 7.54. The van der Waals surface area contributed by atoms with E-state index < -0.39 is 5.97 Å². The summed E-state index contributed by atoms with van der Waals surface area (Å²) < 4.78 is 0. The molecule has 1 heterocycles. The van der Waals surface area contributed by atoms with Crippen molar-refractivity contribution in [2.75, 3.05) is 6.54 Å². The van der Waals surface area contributed by atoms with Crippen molar-refractivity contribution < 1.29 is 9.90 Å². The molecular weight excluding hydrogens is 130 g/mol. The van der Waals surface area contributed by atoms with E-state index in [2.05, 4.69) is 12.2 Å². The quantitative estimate of drug-likeness (QED) is 0.603. The van der Waals surface area contributed by atoms with E-state index in [4.69, 9.17) is 5.11 Å². The molecule has 2 atom stereocenters. The molecule has 1 fully saturated rings. The molecule has 0 aliphatic carbocycles. The van der Waals surface area contributed by atoms with Crippen molar-refractivity contribution in [3.8, 4) is 0 Å². The lowest BCUT2D eigenvalue weighted by molar-refractivity contribution is -0.145. The number of hydrogen-bond acceptors (Lipinski definition) is 2. The molecule has 2 N–H and O–H groups in total. The number of rotatable bonds is 3. The standard InChI is InChI=1S/C7H13NO2/c1-2-3-6-5(4-8-6)7(9)10/h5-6,8H,2-4H2,1H3,(H,9,10). The van der Waals surface area contributed by atoms with Gasteiger partial charge in [-0.3, -0.25) is 4.79 Å². The highest BCUT2D eigenvalue weighted by Gasteiger charge is 2.34. The summed E-state index contributed by atoms with van der Waals surface area (Å²) in [6.45, 7) is 2.72. The Morgan fingerprint density at radius 2 is 2.50 bits per heavy atom. The summed E-state index contributed by atoms with van der Waals surface area (Å²) in [4.78, 5) is 10.4. The summed E-state index contributed by atoms with van der Waals surface area (Å²) in [5, 5.41) is 11.7. The number of carboxylic acid groups (broad SMARTS) is 1. The van der Waals surface area contributed by atoms with Crippen molar-refractivity contribution in [1.82, 2.24) is 5.32 Å². The number of aliphatic carboxylic acids is 1. The van der Waals surface area contributed by atoms with Gasteiger partial charge in [-0.25, -0.2) is 0 Å². The van der Waals surface area contributed by atoms with Crippen LogP contribution < -0.4 is 5.32 Å². The summed E-state index contributed by atoms with van der Waals surface area (Å²) in [5.74, 6) is -0.780. The van der Waals surface area contributed by atoms with E-state index in [0.717, 1.165) is 12.8 Å². The van der Waals surface area contributed by atoms with Crippen LogP contribution in [0, 0.1) is 5.92 Å². The van der Waals surface area contributed by atoms with Crippen LogP contribution in [0.25, 0.3) is 0 Å². The zero-order valence-electron chi connectivity index (χ0n) is 6.13. The van der Waals surface area contributed by atoms with Crippen LogP contribution >= 0.6 is 0 Å². The molecule has 58 valence electrons. The van der Waals surface area contributed by atoms with E-state index in [-0.39, 0.29) is 12.0 Å². The Labute approximate surface area is 60.4 Å². The predicted molar refractivity (Wildman–Crippen MR) is 37.8 cm³/mol. The molecule has 1 aliphatic heterocycles. The minimum absolute atomic E-state index is 0.125. The molecule has 0 bridgehead atoms. The van der Waals surface area contributed by atoms with Gasteiger partial charge in [-0.2, -0.15) is 0 Å². The summed E-state index contributed by atoms with van der Waals surface area (Å²) in [6.07, 6.45) is 2.04. The predicted octanol–water partition coefficient (Wildman–Crippen LogP) is 0.459. The topological polar surface area (TPSA) is 49.3 Å². The van der Waals surface area contributed by atoms with Gasteiger partial charge in [0.05, 0.1) is 5.92 Å². The summed E-state index contributed by atoms with van der Waals surface area (Å²) in [7, 11) is 0. The molecule has 0 amide bonds. The second-order valence-electron chi connectivity index (χ2n) is 2.75.